The Labute approximate surface area is 171 Å². The summed E-state index contributed by atoms with van der Waals surface area (Å²) >= 11 is 7.59. The second-order valence-corrected chi connectivity index (χ2v) is 8.84. The Morgan fingerprint density at radius 3 is 2.63 bits per heavy atom. The lowest BCUT2D eigenvalue weighted by Gasteiger charge is -2.30. The van der Waals surface area contributed by atoms with Crippen molar-refractivity contribution in [3.05, 3.63) is 64.7 Å². The van der Waals surface area contributed by atoms with Gasteiger partial charge in [-0.25, -0.2) is 0 Å². The highest BCUT2D eigenvalue weighted by Crippen LogP contribution is 2.20. The van der Waals surface area contributed by atoms with Gasteiger partial charge in [0.05, 0.1) is 0 Å². The number of likely N-dealkylation sites (tertiary alicyclic amines) is 1. The fraction of sp³-hybridized carbons (Fsp3) is 0.409. The van der Waals surface area contributed by atoms with E-state index in [1.807, 2.05) is 36.4 Å². The number of rotatable bonds is 7. The first-order valence-electron chi connectivity index (χ1n) is 9.58. The molecule has 1 atom stereocenters. The van der Waals surface area contributed by atoms with E-state index in [1.54, 1.807) is 11.8 Å². The van der Waals surface area contributed by atoms with Crippen LogP contribution in [-0.4, -0.2) is 36.2 Å². The second-order valence-electron chi connectivity index (χ2n) is 7.24. The molecule has 1 aliphatic heterocycles. The van der Waals surface area contributed by atoms with Crippen molar-refractivity contribution in [3.63, 3.8) is 0 Å². The van der Waals surface area contributed by atoms with E-state index < -0.39 is 0 Å². The maximum Gasteiger partial charge on any atom is 0.251 e. The van der Waals surface area contributed by atoms with Crippen molar-refractivity contribution in [2.45, 2.75) is 31.2 Å². The van der Waals surface area contributed by atoms with Crippen LogP contribution >= 0.6 is 23.4 Å². The number of carbonyl (C=O) groups excluding carboxylic acids is 1. The molecule has 0 bridgehead atoms. The van der Waals surface area contributed by atoms with Crippen LogP contribution in [-0.2, 0) is 6.54 Å². The number of nitrogens with zero attached hydrogens (tertiary/aromatic N) is 1. The van der Waals surface area contributed by atoms with Crippen molar-refractivity contribution in [2.24, 2.45) is 5.92 Å². The number of hydrogen-bond donors (Lipinski definition) is 1. The number of halogens is 1. The quantitative estimate of drug-likeness (QED) is 0.516. The van der Waals surface area contributed by atoms with Gasteiger partial charge in [-0.05, 0) is 67.3 Å². The van der Waals surface area contributed by atoms with Gasteiger partial charge in [0, 0.05) is 40.9 Å². The molecule has 27 heavy (non-hydrogen) atoms. The van der Waals surface area contributed by atoms with E-state index >= 15 is 0 Å². The Balaban J connectivity index is 1.41. The molecule has 1 amide bonds. The van der Waals surface area contributed by atoms with Crippen LogP contribution in [0.2, 0.25) is 5.02 Å². The minimum atomic E-state index is -0.00940. The van der Waals surface area contributed by atoms with Crippen LogP contribution in [0.1, 0.15) is 35.7 Å². The molecular weight excluding hydrogens is 376 g/mol. The minimum Gasteiger partial charge on any atom is -0.351 e. The second kappa shape index (κ2) is 10.2. The molecule has 1 heterocycles. The number of thioether (sulfide) groups is 1. The fourth-order valence-electron chi connectivity index (χ4n) is 3.42. The van der Waals surface area contributed by atoms with Crippen LogP contribution in [0.3, 0.4) is 0 Å². The van der Waals surface area contributed by atoms with Crippen molar-refractivity contribution in [3.8, 4) is 0 Å². The first-order chi connectivity index (χ1) is 13.1. The molecule has 0 unspecified atom stereocenters. The number of amides is 1. The lowest BCUT2D eigenvalue weighted by Crippen LogP contribution is -2.33. The van der Waals surface area contributed by atoms with Gasteiger partial charge in [-0.1, -0.05) is 30.7 Å². The Morgan fingerprint density at radius 2 is 1.93 bits per heavy atom. The van der Waals surface area contributed by atoms with Crippen molar-refractivity contribution >= 4 is 29.3 Å². The Morgan fingerprint density at radius 1 is 1.19 bits per heavy atom. The maximum atomic E-state index is 12.3. The van der Waals surface area contributed by atoms with Crippen LogP contribution < -0.4 is 5.32 Å². The third kappa shape index (κ3) is 6.56. The van der Waals surface area contributed by atoms with Gasteiger partial charge >= 0.3 is 0 Å². The van der Waals surface area contributed by atoms with Gasteiger partial charge in [0.2, 0.25) is 0 Å². The van der Waals surface area contributed by atoms with Crippen LogP contribution in [0.15, 0.2) is 53.4 Å². The molecule has 1 aliphatic rings. The molecule has 3 rings (SSSR count). The zero-order valence-corrected chi connectivity index (χ0v) is 17.4. The summed E-state index contributed by atoms with van der Waals surface area (Å²) in [7, 11) is 0. The lowest BCUT2D eigenvalue weighted by atomic mass is 9.99. The highest BCUT2D eigenvalue weighted by atomic mass is 35.5. The highest BCUT2D eigenvalue weighted by Gasteiger charge is 2.16. The molecule has 2 aromatic rings. The number of piperidine rings is 1. The van der Waals surface area contributed by atoms with E-state index in [2.05, 4.69) is 29.3 Å². The summed E-state index contributed by atoms with van der Waals surface area (Å²) in [6, 6.07) is 15.8. The molecule has 2 aromatic carbocycles. The Bertz CT molecular complexity index is 733. The normalized spacial score (nSPS) is 17.6. The van der Waals surface area contributed by atoms with Gasteiger partial charge in [0.25, 0.3) is 5.91 Å². The first-order valence-corrected chi connectivity index (χ1v) is 10.9. The molecular formula is C22H27ClN2OS. The van der Waals surface area contributed by atoms with Gasteiger partial charge in [-0.15, -0.1) is 11.8 Å². The Hall–Kier alpha value is -1.49. The van der Waals surface area contributed by atoms with E-state index in [9.17, 15) is 4.79 Å². The average molecular weight is 403 g/mol. The molecule has 1 fully saturated rings. The SMILES string of the molecule is C[C@@H]1CCCN(Cc2ccc(C(=O)NCCSc3ccc(Cl)cc3)cc2)C1. The summed E-state index contributed by atoms with van der Waals surface area (Å²) in [4.78, 5) is 16.0. The average Bonchev–Trinajstić information content (AvgIpc) is 2.67. The van der Waals surface area contributed by atoms with E-state index in [1.165, 1.54) is 31.5 Å². The van der Waals surface area contributed by atoms with Crippen LogP contribution in [0, 0.1) is 5.92 Å². The smallest absolute Gasteiger partial charge is 0.251 e. The van der Waals surface area contributed by atoms with Gasteiger partial charge in [-0.3, -0.25) is 9.69 Å². The third-order valence-corrected chi connectivity index (χ3v) is 6.10. The molecule has 0 aliphatic carbocycles. The van der Waals surface area contributed by atoms with E-state index in [-0.39, 0.29) is 5.91 Å². The molecule has 0 radical (unpaired) electrons. The monoisotopic (exact) mass is 402 g/mol. The summed E-state index contributed by atoms with van der Waals surface area (Å²) in [5.74, 6) is 1.61. The number of carbonyl (C=O) groups is 1. The molecule has 144 valence electrons. The van der Waals surface area contributed by atoms with Gasteiger partial charge in [0.15, 0.2) is 0 Å². The number of nitrogens with one attached hydrogen (secondary N) is 1. The Kier molecular flexibility index (Phi) is 7.62. The predicted octanol–water partition coefficient (Wildman–Crippen LogP) is 5.09. The first kappa shape index (κ1) is 20.2. The summed E-state index contributed by atoms with van der Waals surface area (Å²) in [5.41, 5.74) is 2.00. The molecule has 0 aromatic heterocycles. The van der Waals surface area contributed by atoms with Crippen molar-refractivity contribution in [2.75, 3.05) is 25.4 Å². The lowest BCUT2D eigenvalue weighted by molar-refractivity contribution is 0.0956. The van der Waals surface area contributed by atoms with Gasteiger partial charge < -0.3 is 5.32 Å². The largest absolute Gasteiger partial charge is 0.351 e. The van der Waals surface area contributed by atoms with Crippen molar-refractivity contribution < 1.29 is 4.79 Å². The summed E-state index contributed by atoms with van der Waals surface area (Å²) in [6.07, 6.45) is 2.63. The molecule has 1 saturated heterocycles. The zero-order valence-electron chi connectivity index (χ0n) is 15.8. The molecule has 5 heteroatoms. The van der Waals surface area contributed by atoms with E-state index in [0.717, 1.165) is 33.7 Å². The molecule has 0 saturated carbocycles. The molecule has 3 nitrogen and oxygen atoms in total. The standard InChI is InChI=1S/C22H27ClN2OS/c1-17-3-2-13-25(15-17)16-18-4-6-19(7-5-18)22(26)24-12-14-27-21-10-8-20(23)9-11-21/h4-11,17H,2-3,12-16H2,1H3,(H,24,26)/t17-/m1/s1. The maximum absolute atomic E-state index is 12.3. The van der Waals surface area contributed by atoms with Crippen LogP contribution in [0.5, 0.6) is 0 Å². The summed E-state index contributed by atoms with van der Waals surface area (Å²) in [5, 5.41) is 3.73. The van der Waals surface area contributed by atoms with Gasteiger partial charge in [0.1, 0.15) is 0 Å². The predicted molar refractivity (Wildman–Crippen MR) is 115 cm³/mol. The fourth-order valence-corrected chi connectivity index (χ4v) is 4.31. The molecule has 1 N–H and O–H groups in total. The summed E-state index contributed by atoms with van der Waals surface area (Å²) < 4.78 is 0. The van der Waals surface area contributed by atoms with Crippen LogP contribution in [0.4, 0.5) is 0 Å². The molecule has 0 spiro atoms. The van der Waals surface area contributed by atoms with Crippen molar-refractivity contribution in [1.29, 1.82) is 0 Å². The highest BCUT2D eigenvalue weighted by molar-refractivity contribution is 7.99. The number of benzene rings is 2. The van der Waals surface area contributed by atoms with E-state index in [4.69, 9.17) is 11.6 Å². The third-order valence-electron chi connectivity index (χ3n) is 4.83. The minimum absolute atomic E-state index is 0.00940. The van der Waals surface area contributed by atoms with Crippen LogP contribution in [0.25, 0.3) is 0 Å². The zero-order chi connectivity index (χ0) is 19.1. The summed E-state index contributed by atoms with van der Waals surface area (Å²) in [6.45, 7) is 6.29. The van der Waals surface area contributed by atoms with Gasteiger partial charge in [-0.2, -0.15) is 0 Å². The van der Waals surface area contributed by atoms with E-state index in [0.29, 0.717) is 6.54 Å². The topological polar surface area (TPSA) is 32.3 Å². The number of hydrogen-bond acceptors (Lipinski definition) is 3. The van der Waals surface area contributed by atoms with Crippen molar-refractivity contribution in [1.82, 2.24) is 10.2 Å².